The summed E-state index contributed by atoms with van der Waals surface area (Å²) in [5, 5.41) is 2.88. The summed E-state index contributed by atoms with van der Waals surface area (Å²) in [6, 6.07) is 5.37. The van der Waals surface area contributed by atoms with Crippen molar-refractivity contribution in [3.05, 3.63) is 28.2 Å². The molecule has 2 rings (SSSR count). The van der Waals surface area contributed by atoms with Crippen LogP contribution in [0.2, 0.25) is 0 Å². The first-order chi connectivity index (χ1) is 8.70. The first kappa shape index (κ1) is 13.4. The van der Waals surface area contributed by atoms with Gasteiger partial charge in [0.25, 0.3) is 5.91 Å². The number of methoxy groups -OCH3 is 1. The van der Waals surface area contributed by atoms with Crippen molar-refractivity contribution in [2.45, 2.75) is 18.9 Å². The molecule has 0 aromatic heterocycles. The number of carbonyl (C=O) groups excluding carboxylic acids is 1. The molecule has 98 valence electrons. The molecule has 4 nitrogen and oxygen atoms in total. The summed E-state index contributed by atoms with van der Waals surface area (Å²) >= 11 is 3.35. The minimum absolute atomic E-state index is 0.136. The number of carbonyl (C=O) groups is 1. The van der Waals surface area contributed by atoms with Gasteiger partial charge in [0.2, 0.25) is 0 Å². The molecule has 1 aromatic carbocycles. The maximum absolute atomic E-state index is 12.1. The second kappa shape index (κ2) is 6.20. The SMILES string of the molecule is COc1ccc(Br)cc1C(=O)NC[C@@H]1CCCO1. The summed E-state index contributed by atoms with van der Waals surface area (Å²) < 4.78 is 11.5. The first-order valence-electron chi connectivity index (χ1n) is 5.94. The quantitative estimate of drug-likeness (QED) is 0.928. The lowest BCUT2D eigenvalue weighted by atomic mass is 10.2. The van der Waals surface area contributed by atoms with E-state index in [9.17, 15) is 4.79 Å². The van der Waals surface area contributed by atoms with Crippen molar-refractivity contribution >= 4 is 21.8 Å². The van der Waals surface area contributed by atoms with Crippen LogP contribution in [0.3, 0.4) is 0 Å². The van der Waals surface area contributed by atoms with Gasteiger partial charge in [-0.15, -0.1) is 0 Å². The molecule has 1 saturated heterocycles. The van der Waals surface area contributed by atoms with E-state index in [4.69, 9.17) is 9.47 Å². The highest BCUT2D eigenvalue weighted by Gasteiger charge is 2.18. The molecule has 0 aliphatic carbocycles. The van der Waals surface area contributed by atoms with Gasteiger partial charge in [-0.25, -0.2) is 0 Å². The number of hydrogen-bond acceptors (Lipinski definition) is 3. The van der Waals surface area contributed by atoms with Crippen LogP contribution in [0.1, 0.15) is 23.2 Å². The van der Waals surface area contributed by atoms with E-state index >= 15 is 0 Å². The van der Waals surface area contributed by atoms with E-state index in [-0.39, 0.29) is 12.0 Å². The molecular formula is C13H16BrNO3. The van der Waals surface area contributed by atoms with Gasteiger partial charge in [0.15, 0.2) is 0 Å². The molecule has 5 heteroatoms. The Morgan fingerprint density at radius 3 is 3.11 bits per heavy atom. The second-order valence-corrected chi connectivity index (χ2v) is 5.11. The van der Waals surface area contributed by atoms with Gasteiger partial charge >= 0.3 is 0 Å². The number of ether oxygens (including phenoxy) is 2. The number of halogens is 1. The van der Waals surface area contributed by atoms with E-state index in [2.05, 4.69) is 21.2 Å². The summed E-state index contributed by atoms with van der Waals surface area (Å²) in [6.45, 7) is 1.34. The lowest BCUT2D eigenvalue weighted by Gasteiger charge is -2.12. The zero-order valence-electron chi connectivity index (χ0n) is 10.2. The highest BCUT2D eigenvalue weighted by Crippen LogP contribution is 2.23. The van der Waals surface area contributed by atoms with Crippen molar-refractivity contribution in [1.29, 1.82) is 0 Å². The lowest BCUT2D eigenvalue weighted by molar-refractivity contribution is 0.0855. The van der Waals surface area contributed by atoms with Crippen LogP contribution in [-0.2, 0) is 4.74 Å². The van der Waals surface area contributed by atoms with Gasteiger partial charge in [-0.2, -0.15) is 0 Å². The molecule has 1 heterocycles. The molecule has 0 saturated carbocycles. The molecule has 0 bridgehead atoms. The number of benzene rings is 1. The average Bonchev–Trinajstić information content (AvgIpc) is 2.89. The Labute approximate surface area is 115 Å². The van der Waals surface area contributed by atoms with E-state index in [1.807, 2.05) is 6.07 Å². The van der Waals surface area contributed by atoms with Crippen LogP contribution >= 0.6 is 15.9 Å². The standard InChI is InChI=1S/C13H16BrNO3/c1-17-12-5-4-9(14)7-11(12)13(16)15-8-10-3-2-6-18-10/h4-5,7,10H,2-3,6,8H2,1H3,(H,15,16)/t10-/m0/s1. The van der Waals surface area contributed by atoms with Crippen LogP contribution in [-0.4, -0.2) is 32.3 Å². The van der Waals surface area contributed by atoms with Gasteiger partial charge in [0.1, 0.15) is 5.75 Å². The van der Waals surface area contributed by atoms with Crippen molar-refractivity contribution in [3.8, 4) is 5.75 Å². The third-order valence-corrected chi connectivity index (χ3v) is 3.41. The fourth-order valence-electron chi connectivity index (χ4n) is 1.96. The maximum atomic E-state index is 12.1. The van der Waals surface area contributed by atoms with Crippen LogP contribution < -0.4 is 10.1 Å². The minimum Gasteiger partial charge on any atom is -0.496 e. The molecule has 1 aromatic rings. The Hall–Kier alpha value is -1.07. The molecule has 1 N–H and O–H groups in total. The third kappa shape index (κ3) is 3.23. The van der Waals surface area contributed by atoms with Crippen LogP contribution in [0.15, 0.2) is 22.7 Å². The van der Waals surface area contributed by atoms with Crippen LogP contribution in [0.5, 0.6) is 5.75 Å². The third-order valence-electron chi connectivity index (χ3n) is 2.92. The Morgan fingerprint density at radius 2 is 2.44 bits per heavy atom. The minimum atomic E-state index is -0.136. The molecule has 0 unspecified atom stereocenters. The second-order valence-electron chi connectivity index (χ2n) is 4.19. The van der Waals surface area contributed by atoms with Crippen LogP contribution in [0, 0.1) is 0 Å². The fraction of sp³-hybridized carbons (Fsp3) is 0.462. The first-order valence-corrected chi connectivity index (χ1v) is 6.73. The van der Waals surface area contributed by atoms with Gasteiger partial charge in [-0.3, -0.25) is 4.79 Å². The van der Waals surface area contributed by atoms with Gasteiger partial charge in [0, 0.05) is 17.6 Å². The number of nitrogens with one attached hydrogen (secondary N) is 1. The van der Waals surface area contributed by atoms with Crippen molar-refractivity contribution in [2.24, 2.45) is 0 Å². The van der Waals surface area contributed by atoms with E-state index in [0.717, 1.165) is 23.9 Å². The monoisotopic (exact) mass is 313 g/mol. The van der Waals surface area contributed by atoms with Gasteiger partial charge < -0.3 is 14.8 Å². The van der Waals surface area contributed by atoms with Crippen molar-refractivity contribution < 1.29 is 14.3 Å². The Bertz CT molecular complexity index is 430. The van der Waals surface area contributed by atoms with E-state index < -0.39 is 0 Å². The number of hydrogen-bond donors (Lipinski definition) is 1. The molecule has 1 fully saturated rings. The van der Waals surface area contributed by atoms with Gasteiger partial charge in [-0.05, 0) is 31.0 Å². The summed E-state index contributed by atoms with van der Waals surface area (Å²) in [5.41, 5.74) is 0.532. The lowest BCUT2D eigenvalue weighted by Crippen LogP contribution is -2.32. The number of rotatable bonds is 4. The molecule has 1 aliphatic rings. The highest BCUT2D eigenvalue weighted by atomic mass is 79.9. The normalized spacial score (nSPS) is 18.7. The van der Waals surface area contributed by atoms with E-state index in [1.165, 1.54) is 0 Å². The largest absolute Gasteiger partial charge is 0.496 e. The summed E-state index contributed by atoms with van der Waals surface area (Å²) in [7, 11) is 1.56. The molecule has 1 atom stereocenters. The van der Waals surface area contributed by atoms with Gasteiger partial charge in [-0.1, -0.05) is 15.9 Å². The molecule has 1 amide bonds. The Morgan fingerprint density at radius 1 is 1.61 bits per heavy atom. The Kier molecular flexibility index (Phi) is 4.60. The molecule has 1 aliphatic heterocycles. The predicted octanol–water partition coefficient (Wildman–Crippen LogP) is 2.37. The summed E-state index contributed by atoms with van der Waals surface area (Å²) in [6.07, 6.45) is 2.23. The van der Waals surface area contributed by atoms with Gasteiger partial charge in [0.05, 0.1) is 18.8 Å². The van der Waals surface area contributed by atoms with E-state index in [1.54, 1.807) is 19.2 Å². The molecular weight excluding hydrogens is 298 g/mol. The average molecular weight is 314 g/mol. The predicted molar refractivity (Wildman–Crippen MR) is 72.0 cm³/mol. The molecule has 0 radical (unpaired) electrons. The molecule has 18 heavy (non-hydrogen) atoms. The molecule has 0 spiro atoms. The maximum Gasteiger partial charge on any atom is 0.255 e. The zero-order valence-corrected chi connectivity index (χ0v) is 11.8. The smallest absolute Gasteiger partial charge is 0.255 e. The van der Waals surface area contributed by atoms with Crippen LogP contribution in [0.25, 0.3) is 0 Å². The number of amides is 1. The topological polar surface area (TPSA) is 47.6 Å². The summed E-state index contributed by atoms with van der Waals surface area (Å²) in [5.74, 6) is 0.437. The zero-order chi connectivity index (χ0) is 13.0. The van der Waals surface area contributed by atoms with Crippen LogP contribution in [0.4, 0.5) is 0 Å². The van der Waals surface area contributed by atoms with Crippen molar-refractivity contribution in [1.82, 2.24) is 5.32 Å². The fourth-order valence-corrected chi connectivity index (χ4v) is 2.33. The van der Waals surface area contributed by atoms with Crippen molar-refractivity contribution in [2.75, 3.05) is 20.3 Å². The van der Waals surface area contributed by atoms with E-state index in [0.29, 0.717) is 17.9 Å². The Balaban J connectivity index is 2.00. The van der Waals surface area contributed by atoms with Crippen molar-refractivity contribution in [3.63, 3.8) is 0 Å². The highest BCUT2D eigenvalue weighted by molar-refractivity contribution is 9.10. The summed E-state index contributed by atoms with van der Waals surface area (Å²) in [4.78, 5) is 12.1.